The molecule has 5 nitrogen and oxygen atoms in total. The van der Waals surface area contributed by atoms with E-state index in [9.17, 15) is 4.79 Å². The minimum Gasteiger partial charge on any atom is -0.363 e. The van der Waals surface area contributed by atoms with E-state index in [1.165, 1.54) is 0 Å². The SMILES string of the molecule is CCN(C)C(=O)c1ccc(-c2ccc(N(C)C)nc2)nc1. The third kappa shape index (κ3) is 3.37. The average molecular weight is 284 g/mol. The molecule has 2 aromatic heterocycles. The zero-order chi connectivity index (χ0) is 15.4. The van der Waals surface area contributed by atoms with E-state index in [0.717, 1.165) is 17.1 Å². The molecule has 0 N–H and O–H groups in total. The fourth-order valence-corrected chi connectivity index (χ4v) is 1.86. The topological polar surface area (TPSA) is 49.3 Å². The van der Waals surface area contributed by atoms with E-state index in [0.29, 0.717) is 12.1 Å². The minimum atomic E-state index is -0.0161. The molecule has 21 heavy (non-hydrogen) atoms. The first kappa shape index (κ1) is 15.0. The second-order valence-electron chi connectivity index (χ2n) is 5.05. The second-order valence-corrected chi connectivity index (χ2v) is 5.05. The van der Waals surface area contributed by atoms with Crippen molar-refractivity contribution < 1.29 is 4.79 Å². The van der Waals surface area contributed by atoms with Crippen molar-refractivity contribution in [1.82, 2.24) is 14.9 Å². The predicted octanol–water partition coefficient (Wildman–Crippen LogP) is 2.30. The first-order valence-corrected chi connectivity index (χ1v) is 6.88. The Morgan fingerprint density at radius 3 is 2.29 bits per heavy atom. The van der Waals surface area contributed by atoms with E-state index in [1.807, 2.05) is 44.1 Å². The molecular weight excluding hydrogens is 264 g/mol. The summed E-state index contributed by atoms with van der Waals surface area (Å²) in [4.78, 5) is 24.3. The average Bonchev–Trinajstić information content (AvgIpc) is 2.53. The maximum absolute atomic E-state index is 12.0. The molecule has 0 saturated carbocycles. The molecule has 2 aromatic rings. The molecule has 2 heterocycles. The summed E-state index contributed by atoms with van der Waals surface area (Å²) in [7, 11) is 5.68. The van der Waals surface area contributed by atoms with E-state index in [4.69, 9.17) is 0 Å². The van der Waals surface area contributed by atoms with Gasteiger partial charge in [-0.1, -0.05) is 0 Å². The molecule has 0 aliphatic rings. The van der Waals surface area contributed by atoms with Gasteiger partial charge in [-0.25, -0.2) is 4.98 Å². The zero-order valence-corrected chi connectivity index (χ0v) is 12.9. The quantitative estimate of drug-likeness (QED) is 0.864. The summed E-state index contributed by atoms with van der Waals surface area (Å²) in [6.07, 6.45) is 3.40. The first-order chi connectivity index (χ1) is 10.0. The van der Waals surface area contributed by atoms with Crippen LogP contribution in [0.3, 0.4) is 0 Å². The molecule has 0 saturated heterocycles. The van der Waals surface area contributed by atoms with E-state index >= 15 is 0 Å². The molecule has 0 aliphatic carbocycles. The number of rotatable bonds is 4. The number of anilines is 1. The Bertz CT molecular complexity index is 605. The zero-order valence-electron chi connectivity index (χ0n) is 12.9. The van der Waals surface area contributed by atoms with Crippen LogP contribution < -0.4 is 4.90 Å². The Morgan fingerprint density at radius 2 is 1.81 bits per heavy atom. The van der Waals surface area contributed by atoms with Crippen molar-refractivity contribution >= 4 is 11.7 Å². The number of aromatic nitrogens is 2. The molecule has 0 spiro atoms. The summed E-state index contributed by atoms with van der Waals surface area (Å²) in [5.74, 6) is 0.882. The highest BCUT2D eigenvalue weighted by atomic mass is 16.2. The van der Waals surface area contributed by atoms with Crippen LogP contribution >= 0.6 is 0 Å². The van der Waals surface area contributed by atoms with E-state index in [-0.39, 0.29) is 5.91 Å². The maximum Gasteiger partial charge on any atom is 0.255 e. The maximum atomic E-state index is 12.0. The molecule has 0 radical (unpaired) electrons. The lowest BCUT2D eigenvalue weighted by molar-refractivity contribution is 0.0802. The molecule has 0 fully saturated rings. The first-order valence-electron chi connectivity index (χ1n) is 6.88. The van der Waals surface area contributed by atoms with Gasteiger partial charge in [0.15, 0.2) is 0 Å². The van der Waals surface area contributed by atoms with Crippen LogP contribution in [0.5, 0.6) is 0 Å². The summed E-state index contributed by atoms with van der Waals surface area (Å²) < 4.78 is 0. The summed E-state index contributed by atoms with van der Waals surface area (Å²) in [6.45, 7) is 2.62. The smallest absolute Gasteiger partial charge is 0.255 e. The fraction of sp³-hybridized carbons (Fsp3) is 0.312. The summed E-state index contributed by atoms with van der Waals surface area (Å²) in [5.41, 5.74) is 2.34. The number of nitrogens with zero attached hydrogens (tertiary/aromatic N) is 4. The van der Waals surface area contributed by atoms with Crippen molar-refractivity contribution in [2.45, 2.75) is 6.92 Å². The van der Waals surface area contributed by atoms with Gasteiger partial charge in [0.05, 0.1) is 11.3 Å². The number of hydrogen-bond acceptors (Lipinski definition) is 4. The van der Waals surface area contributed by atoms with E-state index in [1.54, 1.807) is 30.4 Å². The van der Waals surface area contributed by atoms with Gasteiger partial charge in [0, 0.05) is 45.6 Å². The van der Waals surface area contributed by atoms with Crippen LogP contribution in [0.1, 0.15) is 17.3 Å². The van der Waals surface area contributed by atoms with Gasteiger partial charge in [0.2, 0.25) is 0 Å². The lowest BCUT2D eigenvalue weighted by Crippen LogP contribution is -2.26. The molecule has 110 valence electrons. The van der Waals surface area contributed by atoms with Gasteiger partial charge in [-0.2, -0.15) is 0 Å². The lowest BCUT2D eigenvalue weighted by atomic mass is 10.1. The number of carbonyl (C=O) groups is 1. The lowest BCUT2D eigenvalue weighted by Gasteiger charge is -2.14. The van der Waals surface area contributed by atoms with Gasteiger partial charge in [-0.3, -0.25) is 9.78 Å². The number of amides is 1. The van der Waals surface area contributed by atoms with Crippen LogP contribution in [-0.2, 0) is 0 Å². The monoisotopic (exact) mass is 284 g/mol. The third-order valence-corrected chi connectivity index (χ3v) is 3.33. The van der Waals surface area contributed by atoms with Gasteiger partial charge < -0.3 is 9.80 Å². The largest absolute Gasteiger partial charge is 0.363 e. The molecule has 1 amide bonds. The van der Waals surface area contributed by atoms with E-state index < -0.39 is 0 Å². The van der Waals surface area contributed by atoms with Gasteiger partial charge in [-0.05, 0) is 31.2 Å². The molecule has 5 heteroatoms. The number of pyridine rings is 2. The molecule has 0 bridgehead atoms. The van der Waals surface area contributed by atoms with Crippen molar-refractivity contribution in [3.05, 3.63) is 42.2 Å². The Balaban J connectivity index is 2.20. The van der Waals surface area contributed by atoms with Crippen LogP contribution in [0.15, 0.2) is 36.7 Å². The Kier molecular flexibility index (Phi) is 4.52. The molecule has 0 aromatic carbocycles. The van der Waals surface area contributed by atoms with Crippen molar-refractivity contribution in [2.24, 2.45) is 0 Å². The second kappa shape index (κ2) is 6.35. The Morgan fingerprint density at radius 1 is 1.05 bits per heavy atom. The van der Waals surface area contributed by atoms with E-state index in [2.05, 4.69) is 9.97 Å². The molecule has 2 rings (SSSR count). The Hall–Kier alpha value is -2.43. The van der Waals surface area contributed by atoms with Gasteiger partial charge >= 0.3 is 0 Å². The summed E-state index contributed by atoms with van der Waals surface area (Å²) in [5, 5.41) is 0. The molecule has 0 atom stereocenters. The molecular formula is C16H20N4O. The van der Waals surface area contributed by atoms with Crippen molar-refractivity contribution in [1.29, 1.82) is 0 Å². The minimum absolute atomic E-state index is 0.0161. The summed E-state index contributed by atoms with van der Waals surface area (Å²) in [6, 6.07) is 7.57. The van der Waals surface area contributed by atoms with Crippen LogP contribution in [-0.4, -0.2) is 48.5 Å². The van der Waals surface area contributed by atoms with Crippen molar-refractivity contribution in [3.63, 3.8) is 0 Å². The number of hydrogen-bond donors (Lipinski definition) is 0. The Labute approximate surface area is 125 Å². The fourth-order valence-electron chi connectivity index (χ4n) is 1.86. The molecule has 0 aliphatic heterocycles. The van der Waals surface area contributed by atoms with Crippen molar-refractivity contribution in [2.75, 3.05) is 32.6 Å². The highest BCUT2D eigenvalue weighted by Crippen LogP contribution is 2.18. The highest BCUT2D eigenvalue weighted by molar-refractivity contribution is 5.94. The van der Waals surface area contributed by atoms with Crippen LogP contribution in [0.2, 0.25) is 0 Å². The van der Waals surface area contributed by atoms with Crippen LogP contribution in [0.25, 0.3) is 11.3 Å². The predicted molar refractivity (Wildman–Crippen MR) is 84.4 cm³/mol. The van der Waals surface area contributed by atoms with Crippen LogP contribution in [0.4, 0.5) is 5.82 Å². The highest BCUT2D eigenvalue weighted by Gasteiger charge is 2.10. The summed E-state index contributed by atoms with van der Waals surface area (Å²) >= 11 is 0. The van der Waals surface area contributed by atoms with Gasteiger partial charge in [-0.15, -0.1) is 0 Å². The molecule has 0 unspecified atom stereocenters. The van der Waals surface area contributed by atoms with Gasteiger partial charge in [0.1, 0.15) is 5.82 Å². The van der Waals surface area contributed by atoms with Crippen molar-refractivity contribution in [3.8, 4) is 11.3 Å². The van der Waals surface area contributed by atoms with Crippen LogP contribution in [0, 0.1) is 0 Å². The van der Waals surface area contributed by atoms with Gasteiger partial charge in [0.25, 0.3) is 5.91 Å². The standard InChI is InChI=1S/C16H20N4O/c1-5-20(4)16(21)13-6-8-14(17-11-13)12-7-9-15(18-10-12)19(2)3/h6-11H,5H2,1-4H3. The number of carbonyl (C=O) groups excluding carboxylic acids is 1. The normalized spacial score (nSPS) is 10.3. The third-order valence-electron chi connectivity index (χ3n) is 3.33.